The number of carbonyl (C=O) groups excluding carboxylic acids is 1. The van der Waals surface area contributed by atoms with Crippen LogP contribution >= 0.6 is 0 Å². The first-order valence-electron chi connectivity index (χ1n) is 6.59. The van der Waals surface area contributed by atoms with E-state index in [-0.39, 0.29) is 5.69 Å². The zero-order valence-corrected chi connectivity index (χ0v) is 11.7. The molecule has 0 saturated heterocycles. The highest BCUT2D eigenvalue weighted by molar-refractivity contribution is 5.89. The second-order valence-electron chi connectivity index (χ2n) is 4.33. The Balaban J connectivity index is 1.74. The molecule has 0 atom stereocenters. The predicted octanol–water partition coefficient (Wildman–Crippen LogP) is 2.22. The van der Waals surface area contributed by atoms with E-state index in [1.54, 1.807) is 12.3 Å². The van der Waals surface area contributed by atoms with E-state index in [2.05, 4.69) is 20.9 Å². The summed E-state index contributed by atoms with van der Waals surface area (Å²) in [7, 11) is 0. The van der Waals surface area contributed by atoms with E-state index < -0.39 is 11.0 Å². The first-order valence-corrected chi connectivity index (χ1v) is 6.59. The molecule has 22 heavy (non-hydrogen) atoms. The number of nitro groups is 1. The third-order valence-corrected chi connectivity index (χ3v) is 2.70. The number of rotatable bonds is 6. The smallest absolute Gasteiger partial charge is 0.319 e. The van der Waals surface area contributed by atoms with Gasteiger partial charge < -0.3 is 16.0 Å². The van der Waals surface area contributed by atoms with Crippen LogP contribution in [0.2, 0.25) is 0 Å². The van der Waals surface area contributed by atoms with Gasteiger partial charge >= 0.3 is 6.03 Å². The Morgan fingerprint density at radius 2 is 2.05 bits per heavy atom. The monoisotopic (exact) mass is 301 g/mol. The van der Waals surface area contributed by atoms with Crippen LogP contribution in [0.25, 0.3) is 0 Å². The maximum Gasteiger partial charge on any atom is 0.319 e. The lowest BCUT2D eigenvalue weighted by molar-refractivity contribution is -0.384. The number of carbonyl (C=O) groups is 1. The largest absolute Gasteiger partial charge is 0.368 e. The number of pyridine rings is 1. The van der Waals surface area contributed by atoms with Crippen LogP contribution in [0.1, 0.15) is 0 Å². The van der Waals surface area contributed by atoms with Crippen molar-refractivity contribution in [3.8, 4) is 0 Å². The fraction of sp³-hybridized carbons (Fsp3) is 0.143. The minimum atomic E-state index is -0.514. The minimum absolute atomic E-state index is 0.0744. The fourth-order valence-corrected chi connectivity index (χ4v) is 1.71. The molecule has 1 aromatic carbocycles. The van der Waals surface area contributed by atoms with Crippen molar-refractivity contribution in [1.29, 1.82) is 0 Å². The molecule has 0 aliphatic heterocycles. The number of nitrogens with zero attached hydrogens (tertiary/aromatic N) is 2. The van der Waals surface area contributed by atoms with Gasteiger partial charge in [-0.25, -0.2) is 9.78 Å². The van der Waals surface area contributed by atoms with Crippen LogP contribution in [0.15, 0.2) is 48.7 Å². The molecular weight excluding hydrogens is 286 g/mol. The lowest BCUT2D eigenvalue weighted by atomic mass is 10.3. The SMILES string of the molecule is O=C(NCCNc1ccccn1)Nc1cccc([N+](=O)[O-])c1. The third-order valence-electron chi connectivity index (χ3n) is 2.70. The van der Waals surface area contributed by atoms with Crippen molar-refractivity contribution in [3.05, 3.63) is 58.8 Å². The van der Waals surface area contributed by atoms with E-state index in [9.17, 15) is 14.9 Å². The number of nitro benzene ring substituents is 1. The van der Waals surface area contributed by atoms with E-state index >= 15 is 0 Å². The quantitative estimate of drug-likeness (QED) is 0.430. The summed E-state index contributed by atoms with van der Waals surface area (Å²) in [6.07, 6.45) is 1.67. The van der Waals surface area contributed by atoms with Gasteiger partial charge in [0.15, 0.2) is 0 Å². The average Bonchev–Trinajstić information content (AvgIpc) is 2.53. The molecule has 1 heterocycles. The second kappa shape index (κ2) is 7.58. The summed E-state index contributed by atoms with van der Waals surface area (Å²) in [5.74, 6) is 0.725. The third kappa shape index (κ3) is 4.75. The molecule has 3 N–H and O–H groups in total. The zero-order valence-electron chi connectivity index (χ0n) is 11.7. The molecule has 0 aliphatic carbocycles. The van der Waals surface area contributed by atoms with Gasteiger partial charge in [0.1, 0.15) is 5.82 Å². The first kappa shape index (κ1) is 15.2. The molecule has 0 unspecified atom stereocenters. The number of nitrogens with one attached hydrogen (secondary N) is 3. The molecule has 114 valence electrons. The van der Waals surface area contributed by atoms with E-state index in [4.69, 9.17) is 0 Å². The Morgan fingerprint density at radius 1 is 1.18 bits per heavy atom. The second-order valence-corrected chi connectivity index (χ2v) is 4.33. The van der Waals surface area contributed by atoms with Gasteiger partial charge in [-0.15, -0.1) is 0 Å². The summed E-state index contributed by atoms with van der Waals surface area (Å²) >= 11 is 0. The highest BCUT2D eigenvalue weighted by Gasteiger charge is 2.07. The highest BCUT2D eigenvalue weighted by Crippen LogP contribution is 2.16. The van der Waals surface area contributed by atoms with Gasteiger partial charge in [0.05, 0.1) is 4.92 Å². The molecule has 8 nitrogen and oxygen atoms in total. The van der Waals surface area contributed by atoms with Crippen molar-refractivity contribution in [2.24, 2.45) is 0 Å². The Hall–Kier alpha value is -3.16. The van der Waals surface area contributed by atoms with Crippen molar-refractivity contribution in [2.75, 3.05) is 23.7 Å². The summed E-state index contributed by atoms with van der Waals surface area (Å²) in [6.45, 7) is 0.900. The molecule has 2 rings (SSSR count). The number of urea groups is 1. The summed E-state index contributed by atoms with van der Waals surface area (Å²) in [6, 6.07) is 10.8. The van der Waals surface area contributed by atoms with Gasteiger partial charge in [-0.1, -0.05) is 12.1 Å². The van der Waals surface area contributed by atoms with Crippen LogP contribution in [-0.2, 0) is 0 Å². The van der Waals surface area contributed by atoms with E-state index in [0.717, 1.165) is 5.82 Å². The number of anilines is 2. The topological polar surface area (TPSA) is 109 Å². The number of non-ortho nitro benzene ring substituents is 1. The summed E-state index contributed by atoms with van der Waals surface area (Å²) in [4.78, 5) is 25.9. The Kier molecular flexibility index (Phi) is 5.25. The predicted molar refractivity (Wildman–Crippen MR) is 82.8 cm³/mol. The van der Waals surface area contributed by atoms with Gasteiger partial charge in [-0.2, -0.15) is 0 Å². The van der Waals surface area contributed by atoms with E-state index in [0.29, 0.717) is 18.8 Å². The van der Waals surface area contributed by atoms with Crippen molar-refractivity contribution in [3.63, 3.8) is 0 Å². The molecule has 2 amide bonds. The molecule has 0 spiro atoms. The number of aromatic nitrogens is 1. The van der Waals surface area contributed by atoms with Crippen molar-refractivity contribution < 1.29 is 9.72 Å². The summed E-state index contributed by atoms with van der Waals surface area (Å²) in [5, 5.41) is 18.9. The maximum absolute atomic E-state index is 11.7. The summed E-state index contributed by atoms with van der Waals surface area (Å²) in [5.41, 5.74) is 0.291. The van der Waals surface area contributed by atoms with Crippen LogP contribution < -0.4 is 16.0 Å². The Labute approximate surface area is 126 Å². The Morgan fingerprint density at radius 3 is 2.77 bits per heavy atom. The van der Waals surface area contributed by atoms with Gasteiger partial charge in [0.2, 0.25) is 0 Å². The molecular formula is C14H15N5O3. The zero-order chi connectivity index (χ0) is 15.8. The molecule has 0 radical (unpaired) electrons. The van der Waals surface area contributed by atoms with Crippen LogP contribution in [-0.4, -0.2) is 29.0 Å². The number of hydrogen-bond acceptors (Lipinski definition) is 5. The molecule has 8 heteroatoms. The molecule has 1 aromatic heterocycles. The van der Waals surface area contributed by atoms with E-state index in [1.165, 1.54) is 18.2 Å². The van der Waals surface area contributed by atoms with Gasteiger partial charge in [0, 0.05) is 37.1 Å². The molecule has 0 fully saturated rings. The van der Waals surface area contributed by atoms with Crippen molar-refractivity contribution in [1.82, 2.24) is 10.3 Å². The van der Waals surface area contributed by atoms with Gasteiger partial charge in [-0.05, 0) is 18.2 Å². The van der Waals surface area contributed by atoms with Crippen LogP contribution in [0.3, 0.4) is 0 Å². The lowest BCUT2D eigenvalue weighted by Gasteiger charge is -2.08. The van der Waals surface area contributed by atoms with Crippen LogP contribution in [0, 0.1) is 10.1 Å². The van der Waals surface area contributed by atoms with Crippen molar-refractivity contribution in [2.45, 2.75) is 0 Å². The standard InChI is InChI=1S/C14H15N5O3/c20-14(17-9-8-16-13-6-1-2-7-15-13)18-11-4-3-5-12(10-11)19(21)22/h1-7,10H,8-9H2,(H,15,16)(H2,17,18,20). The molecule has 2 aromatic rings. The normalized spacial score (nSPS) is 9.82. The fourth-order valence-electron chi connectivity index (χ4n) is 1.71. The Bertz CT molecular complexity index is 648. The van der Waals surface area contributed by atoms with Crippen molar-refractivity contribution >= 4 is 23.2 Å². The number of amides is 2. The minimum Gasteiger partial charge on any atom is -0.368 e. The number of benzene rings is 1. The van der Waals surface area contributed by atoms with Gasteiger partial charge in [-0.3, -0.25) is 10.1 Å². The summed E-state index contributed by atoms with van der Waals surface area (Å²) < 4.78 is 0. The molecule has 0 aliphatic rings. The molecule has 0 bridgehead atoms. The first-order chi connectivity index (χ1) is 10.6. The highest BCUT2D eigenvalue weighted by atomic mass is 16.6. The average molecular weight is 301 g/mol. The van der Waals surface area contributed by atoms with E-state index in [1.807, 2.05) is 18.2 Å². The lowest BCUT2D eigenvalue weighted by Crippen LogP contribution is -2.32. The van der Waals surface area contributed by atoms with Gasteiger partial charge in [0.25, 0.3) is 5.69 Å². The molecule has 0 saturated carbocycles. The van der Waals surface area contributed by atoms with Crippen LogP contribution in [0.4, 0.5) is 22.0 Å². The number of hydrogen-bond donors (Lipinski definition) is 3. The van der Waals surface area contributed by atoms with Crippen LogP contribution in [0.5, 0.6) is 0 Å². The maximum atomic E-state index is 11.7.